The molecule has 3 heteroatoms. The van der Waals surface area contributed by atoms with Crippen molar-refractivity contribution in [2.75, 3.05) is 0 Å². The minimum Gasteiger partial charge on any atom is -0.481 e. The minimum absolute atomic E-state index is 0.0995. The van der Waals surface area contributed by atoms with Crippen LogP contribution in [0.15, 0.2) is 0 Å². The number of aliphatic carboxylic acids is 1. The van der Waals surface area contributed by atoms with Crippen molar-refractivity contribution in [3.05, 3.63) is 0 Å². The van der Waals surface area contributed by atoms with Crippen molar-refractivity contribution >= 4 is 5.97 Å². The number of carbonyl (C=O) groups is 1. The van der Waals surface area contributed by atoms with E-state index < -0.39 is 5.97 Å². The summed E-state index contributed by atoms with van der Waals surface area (Å²) in [5.74, 6) is 3.16. The summed E-state index contributed by atoms with van der Waals surface area (Å²) in [6, 6.07) is 2.22. The van der Waals surface area contributed by atoms with Crippen LogP contribution in [-0.2, 0) is 4.79 Å². The SMILES string of the molecule is N#CCC(CC(=O)O)C1C2CC3CC(C2)CC1C3. The fourth-order valence-electron chi connectivity index (χ4n) is 5.42. The molecular weight excluding hydrogens is 226 g/mol. The first-order valence-corrected chi connectivity index (χ1v) is 7.26. The van der Waals surface area contributed by atoms with E-state index in [1.807, 2.05) is 0 Å². The Bertz CT molecular complexity index is 356. The molecule has 98 valence electrons. The van der Waals surface area contributed by atoms with Gasteiger partial charge in [0.15, 0.2) is 0 Å². The van der Waals surface area contributed by atoms with Crippen LogP contribution in [0.1, 0.15) is 44.9 Å². The molecule has 4 rings (SSSR count). The number of carboxylic acids is 1. The van der Waals surface area contributed by atoms with Crippen molar-refractivity contribution in [3.63, 3.8) is 0 Å². The van der Waals surface area contributed by atoms with Crippen LogP contribution in [0.2, 0.25) is 0 Å². The Morgan fingerprint density at radius 2 is 1.72 bits per heavy atom. The lowest BCUT2D eigenvalue weighted by atomic mass is 9.49. The summed E-state index contributed by atoms with van der Waals surface area (Å²) in [7, 11) is 0. The van der Waals surface area contributed by atoms with Crippen LogP contribution in [0.5, 0.6) is 0 Å². The second kappa shape index (κ2) is 4.57. The average molecular weight is 247 g/mol. The normalized spacial score (nSPS) is 42.5. The smallest absolute Gasteiger partial charge is 0.303 e. The lowest BCUT2D eigenvalue weighted by Crippen LogP contribution is -2.48. The van der Waals surface area contributed by atoms with E-state index in [9.17, 15) is 4.79 Å². The molecule has 1 atom stereocenters. The maximum atomic E-state index is 11.0. The number of hydrogen-bond acceptors (Lipinski definition) is 2. The van der Waals surface area contributed by atoms with Gasteiger partial charge in [-0.05, 0) is 67.6 Å². The van der Waals surface area contributed by atoms with E-state index in [0.717, 1.165) is 23.7 Å². The maximum Gasteiger partial charge on any atom is 0.303 e. The van der Waals surface area contributed by atoms with Gasteiger partial charge in [-0.25, -0.2) is 0 Å². The molecule has 1 N–H and O–H groups in total. The third-order valence-corrected chi connectivity index (χ3v) is 5.63. The first-order chi connectivity index (χ1) is 8.67. The summed E-state index contributed by atoms with van der Waals surface area (Å²) in [5, 5.41) is 18.0. The highest BCUT2D eigenvalue weighted by atomic mass is 16.4. The Kier molecular flexibility index (Phi) is 3.05. The molecule has 4 bridgehead atoms. The molecule has 0 aliphatic heterocycles. The fourth-order valence-corrected chi connectivity index (χ4v) is 5.42. The third-order valence-electron chi connectivity index (χ3n) is 5.63. The second-order valence-electron chi connectivity index (χ2n) is 6.73. The van der Waals surface area contributed by atoms with Gasteiger partial charge in [-0.15, -0.1) is 0 Å². The fraction of sp³-hybridized carbons (Fsp3) is 0.867. The van der Waals surface area contributed by atoms with Gasteiger partial charge in [-0.2, -0.15) is 5.26 Å². The average Bonchev–Trinajstić information content (AvgIpc) is 2.26. The molecule has 4 fully saturated rings. The van der Waals surface area contributed by atoms with Crippen LogP contribution in [0.4, 0.5) is 0 Å². The van der Waals surface area contributed by atoms with E-state index in [0.29, 0.717) is 12.3 Å². The topological polar surface area (TPSA) is 61.1 Å². The summed E-state index contributed by atoms with van der Waals surface area (Å²) in [4.78, 5) is 11.0. The van der Waals surface area contributed by atoms with Gasteiger partial charge < -0.3 is 5.11 Å². The largest absolute Gasteiger partial charge is 0.481 e. The number of rotatable bonds is 4. The van der Waals surface area contributed by atoms with Crippen molar-refractivity contribution in [2.24, 2.45) is 35.5 Å². The van der Waals surface area contributed by atoms with Crippen LogP contribution in [0, 0.1) is 46.8 Å². The van der Waals surface area contributed by atoms with Gasteiger partial charge in [0.25, 0.3) is 0 Å². The molecule has 0 aromatic rings. The van der Waals surface area contributed by atoms with Crippen molar-refractivity contribution < 1.29 is 9.90 Å². The summed E-state index contributed by atoms with van der Waals surface area (Å²) in [5.41, 5.74) is 0. The first-order valence-electron chi connectivity index (χ1n) is 7.26. The zero-order chi connectivity index (χ0) is 12.7. The number of hydrogen-bond donors (Lipinski definition) is 1. The molecule has 0 aromatic heterocycles. The molecule has 4 aliphatic rings. The highest BCUT2D eigenvalue weighted by molar-refractivity contribution is 5.67. The lowest BCUT2D eigenvalue weighted by Gasteiger charge is -2.56. The molecule has 3 nitrogen and oxygen atoms in total. The summed E-state index contributed by atoms with van der Waals surface area (Å²) in [6.45, 7) is 0. The zero-order valence-electron chi connectivity index (χ0n) is 10.7. The molecule has 0 aromatic carbocycles. The molecule has 0 heterocycles. The van der Waals surface area contributed by atoms with Gasteiger partial charge in [-0.1, -0.05) is 0 Å². The summed E-state index contributed by atoms with van der Waals surface area (Å²) < 4.78 is 0. The molecule has 1 unspecified atom stereocenters. The summed E-state index contributed by atoms with van der Waals surface area (Å²) in [6.07, 6.45) is 7.26. The van der Waals surface area contributed by atoms with Crippen molar-refractivity contribution in [2.45, 2.75) is 44.9 Å². The van der Waals surface area contributed by atoms with Crippen LogP contribution < -0.4 is 0 Å². The van der Waals surface area contributed by atoms with Crippen molar-refractivity contribution in [1.82, 2.24) is 0 Å². The molecule has 0 radical (unpaired) electrons. The van der Waals surface area contributed by atoms with Crippen molar-refractivity contribution in [3.8, 4) is 6.07 Å². The van der Waals surface area contributed by atoms with E-state index in [2.05, 4.69) is 6.07 Å². The Hall–Kier alpha value is -1.04. The van der Waals surface area contributed by atoms with E-state index in [-0.39, 0.29) is 12.3 Å². The third kappa shape index (κ3) is 2.02. The predicted octanol–water partition coefficient (Wildman–Crippen LogP) is 3.06. The first kappa shape index (κ1) is 12.0. The van der Waals surface area contributed by atoms with Gasteiger partial charge in [-0.3, -0.25) is 4.79 Å². The predicted molar refractivity (Wildman–Crippen MR) is 66.5 cm³/mol. The summed E-state index contributed by atoms with van der Waals surface area (Å²) >= 11 is 0. The molecule has 18 heavy (non-hydrogen) atoms. The molecule has 4 saturated carbocycles. The van der Waals surface area contributed by atoms with Crippen LogP contribution in [0.25, 0.3) is 0 Å². The van der Waals surface area contributed by atoms with Crippen molar-refractivity contribution in [1.29, 1.82) is 5.26 Å². The van der Waals surface area contributed by atoms with Crippen LogP contribution in [0.3, 0.4) is 0 Å². The maximum absolute atomic E-state index is 11.0. The van der Waals surface area contributed by atoms with E-state index >= 15 is 0 Å². The molecule has 0 saturated heterocycles. The molecule has 0 spiro atoms. The van der Waals surface area contributed by atoms with E-state index in [1.165, 1.54) is 32.1 Å². The molecular formula is C15H21NO2. The molecule has 0 amide bonds. The monoisotopic (exact) mass is 247 g/mol. The standard InChI is InChI=1S/C15H21NO2/c16-2-1-11(8-14(17)18)15-12-4-9-3-10(6-12)7-13(15)5-9/h9-13,15H,1,3-8H2,(H,17,18). The zero-order valence-corrected chi connectivity index (χ0v) is 10.7. The van der Waals surface area contributed by atoms with Crippen LogP contribution >= 0.6 is 0 Å². The van der Waals surface area contributed by atoms with Gasteiger partial charge in [0.1, 0.15) is 0 Å². The Labute approximate surface area is 108 Å². The van der Waals surface area contributed by atoms with Crippen LogP contribution in [-0.4, -0.2) is 11.1 Å². The highest BCUT2D eigenvalue weighted by Crippen LogP contribution is 2.59. The minimum atomic E-state index is -0.732. The van der Waals surface area contributed by atoms with Gasteiger partial charge in [0.05, 0.1) is 6.07 Å². The number of nitriles is 1. The number of carboxylic acid groups (broad SMARTS) is 1. The quantitative estimate of drug-likeness (QED) is 0.830. The second-order valence-corrected chi connectivity index (χ2v) is 6.73. The molecule has 4 aliphatic carbocycles. The van der Waals surface area contributed by atoms with Gasteiger partial charge in [0.2, 0.25) is 0 Å². The Morgan fingerprint density at radius 3 is 2.17 bits per heavy atom. The van der Waals surface area contributed by atoms with E-state index in [1.54, 1.807) is 0 Å². The van der Waals surface area contributed by atoms with Gasteiger partial charge in [0, 0.05) is 12.8 Å². The number of nitrogens with zero attached hydrogens (tertiary/aromatic N) is 1. The lowest BCUT2D eigenvalue weighted by molar-refractivity contribution is -0.140. The highest BCUT2D eigenvalue weighted by Gasteiger charge is 2.50. The van der Waals surface area contributed by atoms with E-state index in [4.69, 9.17) is 10.4 Å². The Morgan fingerprint density at radius 1 is 1.17 bits per heavy atom. The Balaban J connectivity index is 1.77. The van der Waals surface area contributed by atoms with Gasteiger partial charge >= 0.3 is 5.97 Å².